The van der Waals surface area contributed by atoms with Crippen LogP contribution in [0.5, 0.6) is 0 Å². The lowest BCUT2D eigenvalue weighted by atomic mass is 10.2. The molecule has 0 spiro atoms. The highest BCUT2D eigenvalue weighted by atomic mass is 32.1. The fourth-order valence-electron chi connectivity index (χ4n) is 3.34. The fourth-order valence-corrected chi connectivity index (χ4v) is 4.47. The first kappa shape index (κ1) is 15.7. The molecule has 3 aromatic rings. The van der Waals surface area contributed by atoms with Crippen LogP contribution in [0.2, 0.25) is 0 Å². The van der Waals surface area contributed by atoms with Crippen molar-refractivity contribution in [2.45, 2.75) is 19.9 Å². The lowest BCUT2D eigenvalue weighted by Gasteiger charge is -2.26. The Bertz CT molecular complexity index is 925. The maximum Gasteiger partial charge on any atom is 0.272 e. The summed E-state index contributed by atoms with van der Waals surface area (Å²) in [4.78, 5) is 20.6. The molecule has 6 heteroatoms. The first-order valence-corrected chi connectivity index (χ1v) is 9.24. The molecule has 0 N–H and O–H groups in total. The van der Waals surface area contributed by atoms with Crippen LogP contribution in [-0.4, -0.2) is 47.3 Å². The minimum absolute atomic E-state index is 0.0352. The van der Waals surface area contributed by atoms with Gasteiger partial charge in [-0.15, -0.1) is 11.3 Å². The Morgan fingerprint density at radius 3 is 2.83 bits per heavy atom. The highest BCUT2D eigenvalue weighted by Gasteiger charge is 2.15. The zero-order valence-corrected chi connectivity index (χ0v) is 14.6. The average Bonchev–Trinajstić information content (AvgIpc) is 2.97. The number of nitrogens with zero attached hydrogens (tertiary/aromatic N) is 3. The molecule has 0 saturated carbocycles. The molecule has 1 aromatic carbocycles. The number of hydrogen-bond acceptors (Lipinski definition) is 5. The molecule has 0 bridgehead atoms. The molecule has 0 atom stereocenters. The number of aryl methyl sites for hydroxylation is 2. The van der Waals surface area contributed by atoms with Crippen molar-refractivity contribution >= 4 is 31.8 Å². The minimum atomic E-state index is 0.0352. The van der Waals surface area contributed by atoms with Crippen LogP contribution in [0.25, 0.3) is 20.4 Å². The number of benzene rings is 1. The summed E-state index contributed by atoms with van der Waals surface area (Å²) in [6.07, 6.45) is 0.961. The molecule has 1 saturated heterocycles. The summed E-state index contributed by atoms with van der Waals surface area (Å²) >= 11 is 1.66. The van der Waals surface area contributed by atoms with Gasteiger partial charge in [-0.3, -0.25) is 9.69 Å². The molecule has 0 aliphatic carbocycles. The van der Waals surface area contributed by atoms with Gasteiger partial charge in [0.15, 0.2) is 0 Å². The van der Waals surface area contributed by atoms with Crippen LogP contribution in [0.3, 0.4) is 0 Å². The molecular weight excluding hydrogens is 322 g/mol. The van der Waals surface area contributed by atoms with Crippen molar-refractivity contribution in [3.05, 3.63) is 40.3 Å². The van der Waals surface area contributed by atoms with E-state index in [0.717, 1.165) is 61.5 Å². The summed E-state index contributed by atoms with van der Waals surface area (Å²) in [5.41, 5.74) is 1.61. The molecule has 1 aliphatic heterocycles. The molecule has 0 radical (unpaired) electrons. The second kappa shape index (κ2) is 6.63. The van der Waals surface area contributed by atoms with Gasteiger partial charge in [0.2, 0.25) is 0 Å². The van der Waals surface area contributed by atoms with Crippen LogP contribution in [-0.2, 0) is 11.3 Å². The Kier molecular flexibility index (Phi) is 4.35. The predicted octanol–water partition coefficient (Wildman–Crippen LogP) is 2.64. The van der Waals surface area contributed by atoms with Crippen LogP contribution in [0.1, 0.15) is 12.1 Å². The summed E-state index contributed by atoms with van der Waals surface area (Å²) in [6.45, 7) is 7.14. The Morgan fingerprint density at radius 2 is 2.00 bits per heavy atom. The Hall–Kier alpha value is -1.76. The van der Waals surface area contributed by atoms with Crippen LogP contribution in [0, 0.1) is 6.92 Å². The van der Waals surface area contributed by atoms with E-state index >= 15 is 0 Å². The van der Waals surface area contributed by atoms with Gasteiger partial charge in [-0.05, 0) is 19.4 Å². The van der Waals surface area contributed by atoms with Gasteiger partial charge >= 0.3 is 0 Å². The molecule has 0 amide bonds. The predicted molar refractivity (Wildman–Crippen MR) is 98.0 cm³/mol. The largest absolute Gasteiger partial charge is 0.379 e. The van der Waals surface area contributed by atoms with Gasteiger partial charge in [0.25, 0.3) is 5.56 Å². The topological polar surface area (TPSA) is 47.4 Å². The third-order valence-corrected chi connectivity index (χ3v) is 5.66. The first-order valence-electron chi connectivity index (χ1n) is 8.43. The van der Waals surface area contributed by atoms with E-state index in [9.17, 15) is 4.79 Å². The van der Waals surface area contributed by atoms with Crippen LogP contribution in [0.15, 0.2) is 29.1 Å². The zero-order chi connectivity index (χ0) is 16.5. The van der Waals surface area contributed by atoms with Gasteiger partial charge in [-0.1, -0.05) is 18.2 Å². The maximum absolute atomic E-state index is 12.7. The molecule has 24 heavy (non-hydrogen) atoms. The van der Waals surface area contributed by atoms with E-state index < -0.39 is 0 Å². The van der Waals surface area contributed by atoms with Crippen molar-refractivity contribution in [1.82, 2.24) is 14.5 Å². The number of fused-ring (bicyclic) bond motifs is 3. The van der Waals surface area contributed by atoms with E-state index in [1.165, 1.54) is 4.70 Å². The van der Waals surface area contributed by atoms with Crippen LogP contribution in [0.4, 0.5) is 0 Å². The van der Waals surface area contributed by atoms with Gasteiger partial charge in [0.1, 0.15) is 10.5 Å². The zero-order valence-electron chi connectivity index (χ0n) is 13.8. The molecule has 0 unspecified atom stereocenters. The van der Waals surface area contributed by atoms with Crippen molar-refractivity contribution < 1.29 is 4.74 Å². The molecule has 126 valence electrons. The van der Waals surface area contributed by atoms with Gasteiger partial charge in [-0.2, -0.15) is 0 Å². The van der Waals surface area contributed by atoms with E-state index in [4.69, 9.17) is 4.74 Å². The van der Waals surface area contributed by atoms with Crippen molar-refractivity contribution in [3.8, 4) is 0 Å². The number of rotatable bonds is 4. The third-order valence-electron chi connectivity index (χ3n) is 4.60. The highest BCUT2D eigenvalue weighted by Crippen LogP contribution is 2.31. The number of aromatic nitrogens is 2. The number of morpholine rings is 1. The van der Waals surface area contributed by atoms with Crippen LogP contribution < -0.4 is 5.56 Å². The molecule has 1 aliphatic rings. The molecule has 2 aromatic heterocycles. The smallest absolute Gasteiger partial charge is 0.272 e. The standard InChI is InChI=1S/C18H21N3O2S/c1-13-18(22)21(8-4-7-20-9-11-23-12-10-20)16-14-5-2-3-6-15(14)24-17(16)19-13/h2-3,5-6H,4,7-12H2,1H3. The van der Waals surface area contributed by atoms with Crippen molar-refractivity contribution in [3.63, 3.8) is 0 Å². The van der Waals surface area contributed by atoms with E-state index in [1.54, 1.807) is 11.3 Å². The summed E-state index contributed by atoms with van der Waals surface area (Å²) in [5.74, 6) is 0. The normalized spacial score (nSPS) is 16.2. The average molecular weight is 343 g/mol. The monoisotopic (exact) mass is 343 g/mol. The Balaban J connectivity index is 1.67. The number of ether oxygens (including phenoxy) is 1. The number of hydrogen-bond donors (Lipinski definition) is 0. The molecular formula is C18H21N3O2S. The molecule has 3 heterocycles. The van der Waals surface area contributed by atoms with Crippen molar-refractivity contribution in [2.24, 2.45) is 0 Å². The number of thiophene rings is 1. The quantitative estimate of drug-likeness (QED) is 0.731. The Labute approximate surface area is 144 Å². The Morgan fingerprint density at radius 1 is 1.21 bits per heavy atom. The lowest BCUT2D eigenvalue weighted by molar-refractivity contribution is 0.0369. The highest BCUT2D eigenvalue weighted by molar-refractivity contribution is 7.25. The van der Waals surface area contributed by atoms with Crippen molar-refractivity contribution in [2.75, 3.05) is 32.8 Å². The summed E-state index contributed by atoms with van der Waals surface area (Å²) in [5, 5.41) is 1.13. The SMILES string of the molecule is Cc1nc2sc3ccccc3c2n(CCCN2CCOCC2)c1=O. The summed E-state index contributed by atoms with van der Waals surface area (Å²) in [7, 11) is 0. The second-order valence-electron chi connectivity index (χ2n) is 6.21. The minimum Gasteiger partial charge on any atom is -0.379 e. The van der Waals surface area contributed by atoms with Crippen molar-refractivity contribution in [1.29, 1.82) is 0 Å². The van der Waals surface area contributed by atoms with Gasteiger partial charge in [0.05, 0.1) is 18.7 Å². The van der Waals surface area contributed by atoms with Gasteiger partial charge in [-0.25, -0.2) is 4.98 Å². The third kappa shape index (κ3) is 2.85. The molecule has 4 rings (SSSR count). The summed E-state index contributed by atoms with van der Waals surface area (Å²) in [6, 6.07) is 8.24. The second-order valence-corrected chi connectivity index (χ2v) is 7.24. The van der Waals surface area contributed by atoms with E-state index in [-0.39, 0.29) is 5.56 Å². The van der Waals surface area contributed by atoms with E-state index in [1.807, 2.05) is 23.6 Å². The summed E-state index contributed by atoms with van der Waals surface area (Å²) < 4.78 is 8.51. The maximum atomic E-state index is 12.7. The molecule has 1 fully saturated rings. The first-order chi connectivity index (χ1) is 11.7. The van der Waals surface area contributed by atoms with E-state index in [0.29, 0.717) is 5.69 Å². The van der Waals surface area contributed by atoms with Gasteiger partial charge in [0, 0.05) is 36.3 Å². The molecule has 5 nitrogen and oxygen atoms in total. The van der Waals surface area contributed by atoms with Crippen LogP contribution >= 0.6 is 11.3 Å². The van der Waals surface area contributed by atoms with E-state index in [2.05, 4.69) is 22.0 Å². The lowest BCUT2D eigenvalue weighted by Crippen LogP contribution is -2.37. The van der Waals surface area contributed by atoms with Gasteiger partial charge < -0.3 is 9.30 Å². The fraction of sp³-hybridized carbons (Fsp3) is 0.444.